The smallest absolute Gasteiger partial charge is 0.323 e. The quantitative estimate of drug-likeness (QED) is 0.860. The van der Waals surface area contributed by atoms with Crippen molar-refractivity contribution in [2.45, 2.75) is 12.5 Å². The molecule has 21 heavy (non-hydrogen) atoms. The Kier molecular flexibility index (Phi) is 5.55. The summed E-state index contributed by atoms with van der Waals surface area (Å²) in [7, 11) is 0. The lowest BCUT2D eigenvalue weighted by Crippen LogP contribution is -2.50. The van der Waals surface area contributed by atoms with Crippen LogP contribution in [0.2, 0.25) is 5.02 Å². The predicted molar refractivity (Wildman–Crippen MR) is 78.5 cm³/mol. The van der Waals surface area contributed by atoms with E-state index in [1.165, 1.54) is 0 Å². The predicted octanol–water partition coefficient (Wildman–Crippen LogP) is 1.45. The molecule has 0 bridgehead atoms. The van der Waals surface area contributed by atoms with Gasteiger partial charge in [-0.3, -0.25) is 14.5 Å². The van der Waals surface area contributed by atoms with Gasteiger partial charge in [0.2, 0.25) is 5.91 Å². The first kappa shape index (κ1) is 15.8. The number of halogens is 1. The normalized spacial score (nSPS) is 19.2. The van der Waals surface area contributed by atoms with Crippen molar-refractivity contribution in [1.29, 1.82) is 0 Å². The van der Waals surface area contributed by atoms with Gasteiger partial charge in [-0.25, -0.2) is 0 Å². The Hall–Kier alpha value is -1.63. The first-order valence-electron chi connectivity index (χ1n) is 6.67. The van der Waals surface area contributed by atoms with Gasteiger partial charge in [0.15, 0.2) is 0 Å². The van der Waals surface area contributed by atoms with Crippen molar-refractivity contribution < 1.29 is 19.4 Å². The van der Waals surface area contributed by atoms with Crippen LogP contribution in [0.1, 0.15) is 6.42 Å². The van der Waals surface area contributed by atoms with Crippen LogP contribution in [0.15, 0.2) is 24.3 Å². The van der Waals surface area contributed by atoms with Crippen LogP contribution in [-0.2, 0) is 14.3 Å². The van der Waals surface area contributed by atoms with E-state index in [2.05, 4.69) is 5.32 Å². The fourth-order valence-electron chi connectivity index (χ4n) is 2.15. The number of para-hydroxylation sites is 1. The van der Waals surface area contributed by atoms with Gasteiger partial charge in [0.25, 0.3) is 0 Å². The number of morpholine rings is 1. The van der Waals surface area contributed by atoms with Crippen molar-refractivity contribution >= 4 is 29.2 Å². The molecule has 2 N–H and O–H groups in total. The number of rotatable bonds is 5. The Bertz CT molecular complexity index is 523. The zero-order chi connectivity index (χ0) is 15.2. The second-order valence-electron chi connectivity index (χ2n) is 4.74. The lowest BCUT2D eigenvalue weighted by atomic mass is 10.2. The van der Waals surface area contributed by atoms with Gasteiger partial charge in [0.05, 0.1) is 23.9 Å². The van der Waals surface area contributed by atoms with Crippen LogP contribution in [0.4, 0.5) is 5.69 Å². The molecule has 1 unspecified atom stereocenters. The average molecular weight is 313 g/mol. The second kappa shape index (κ2) is 7.40. The van der Waals surface area contributed by atoms with Crippen molar-refractivity contribution in [2.24, 2.45) is 0 Å². The van der Waals surface area contributed by atoms with E-state index < -0.39 is 12.0 Å². The van der Waals surface area contributed by atoms with E-state index in [1.807, 2.05) is 0 Å². The van der Waals surface area contributed by atoms with Crippen LogP contribution in [0.3, 0.4) is 0 Å². The summed E-state index contributed by atoms with van der Waals surface area (Å²) in [6, 6.07) is 6.29. The molecular formula is C14H17ClN2O4. The summed E-state index contributed by atoms with van der Waals surface area (Å²) in [5.41, 5.74) is 0.556. The third-order valence-corrected chi connectivity index (χ3v) is 3.63. The van der Waals surface area contributed by atoms with Gasteiger partial charge >= 0.3 is 5.97 Å². The number of ether oxygens (including phenoxy) is 1. The average Bonchev–Trinajstić information content (AvgIpc) is 2.48. The molecule has 1 atom stereocenters. The van der Waals surface area contributed by atoms with Crippen LogP contribution in [0.25, 0.3) is 0 Å². The summed E-state index contributed by atoms with van der Waals surface area (Å²) < 4.78 is 5.15. The summed E-state index contributed by atoms with van der Waals surface area (Å²) in [6.45, 7) is 1.52. The Morgan fingerprint density at radius 1 is 1.43 bits per heavy atom. The van der Waals surface area contributed by atoms with Crippen molar-refractivity contribution in [1.82, 2.24) is 4.90 Å². The van der Waals surface area contributed by atoms with E-state index >= 15 is 0 Å². The molecule has 1 heterocycles. The number of nitrogens with one attached hydrogen (secondary N) is 1. The van der Waals surface area contributed by atoms with Gasteiger partial charge < -0.3 is 15.2 Å². The maximum atomic E-state index is 11.9. The summed E-state index contributed by atoms with van der Waals surface area (Å²) >= 11 is 5.96. The molecule has 1 aliphatic rings. The minimum atomic E-state index is -0.929. The topological polar surface area (TPSA) is 78.9 Å². The van der Waals surface area contributed by atoms with Crippen molar-refractivity contribution in [3.8, 4) is 0 Å². The van der Waals surface area contributed by atoms with Crippen LogP contribution in [0.5, 0.6) is 0 Å². The third-order valence-electron chi connectivity index (χ3n) is 3.30. The molecule has 1 aromatic rings. The Balaban J connectivity index is 1.86. The number of anilines is 1. The zero-order valence-electron chi connectivity index (χ0n) is 11.4. The van der Waals surface area contributed by atoms with Crippen molar-refractivity contribution in [3.05, 3.63) is 29.3 Å². The molecule has 1 aromatic carbocycles. The van der Waals surface area contributed by atoms with E-state index in [-0.39, 0.29) is 18.9 Å². The van der Waals surface area contributed by atoms with E-state index in [0.29, 0.717) is 30.4 Å². The maximum Gasteiger partial charge on any atom is 0.323 e. The number of carbonyl (C=O) groups excluding carboxylic acids is 1. The molecule has 1 aliphatic heterocycles. The molecule has 7 heteroatoms. The first-order chi connectivity index (χ1) is 10.1. The van der Waals surface area contributed by atoms with Crippen molar-refractivity contribution in [3.63, 3.8) is 0 Å². The molecule has 2 rings (SSSR count). The van der Waals surface area contributed by atoms with E-state index in [4.69, 9.17) is 21.4 Å². The molecule has 6 nitrogen and oxygen atoms in total. The highest BCUT2D eigenvalue weighted by Crippen LogP contribution is 2.20. The number of amides is 1. The fourth-order valence-corrected chi connectivity index (χ4v) is 2.34. The number of hydrogen-bond donors (Lipinski definition) is 2. The number of nitrogens with zero attached hydrogens (tertiary/aromatic N) is 1. The summed E-state index contributed by atoms with van der Waals surface area (Å²) in [4.78, 5) is 24.8. The highest BCUT2D eigenvalue weighted by atomic mass is 35.5. The number of hydrogen-bond acceptors (Lipinski definition) is 4. The molecule has 0 radical (unpaired) electrons. The van der Waals surface area contributed by atoms with Crippen LogP contribution < -0.4 is 5.32 Å². The minimum absolute atomic E-state index is 0.154. The van der Waals surface area contributed by atoms with E-state index in [0.717, 1.165) is 0 Å². The summed E-state index contributed by atoms with van der Waals surface area (Å²) in [6.07, 6.45) is 0.203. The van der Waals surface area contributed by atoms with Gasteiger partial charge in [-0.05, 0) is 12.1 Å². The Morgan fingerprint density at radius 3 is 2.90 bits per heavy atom. The van der Waals surface area contributed by atoms with Gasteiger partial charge in [0.1, 0.15) is 6.04 Å². The number of carboxylic acids is 1. The first-order valence-corrected chi connectivity index (χ1v) is 7.04. The van der Waals surface area contributed by atoms with Gasteiger partial charge in [-0.2, -0.15) is 0 Å². The van der Waals surface area contributed by atoms with E-state index in [1.54, 1.807) is 29.2 Å². The number of aliphatic carboxylic acids is 1. The third kappa shape index (κ3) is 4.42. The second-order valence-corrected chi connectivity index (χ2v) is 5.15. The summed E-state index contributed by atoms with van der Waals surface area (Å²) in [5.74, 6) is -1.13. The molecule has 0 aliphatic carbocycles. The SMILES string of the molecule is O=C(CCN1CCOCC1C(=O)O)Nc1ccccc1Cl. The number of carboxylic acid groups (broad SMARTS) is 1. The molecule has 1 saturated heterocycles. The number of benzene rings is 1. The van der Waals surface area contributed by atoms with Gasteiger partial charge in [-0.15, -0.1) is 0 Å². The number of carbonyl (C=O) groups is 2. The van der Waals surface area contributed by atoms with Gasteiger partial charge in [-0.1, -0.05) is 23.7 Å². The molecule has 1 amide bonds. The van der Waals surface area contributed by atoms with Gasteiger partial charge in [0, 0.05) is 19.5 Å². The maximum absolute atomic E-state index is 11.9. The monoisotopic (exact) mass is 312 g/mol. The molecule has 0 spiro atoms. The molecule has 0 aromatic heterocycles. The minimum Gasteiger partial charge on any atom is -0.480 e. The molecule has 0 saturated carbocycles. The molecular weight excluding hydrogens is 296 g/mol. The van der Waals surface area contributed by atoms with E-state index in [9.17, 15) is 9.59 Å². The Labute approximate surface area is 127 Å². The van der Waals surface area contributed by atoms with Crippen molar-refractivity contribution in [2.75, 3.05) is 31.6 Å². The van der Waals surface area contributed by atoms with Crippen LogP contribution >= 0.6 is 11.6 Å². The molecule has 114 valence electrons. The van der Waals surface area contributed by atoms with Crippen LogP contribution in [0, 0.1) is 0 Å². The highest BCUT2D eigenvalue weighted by Gasteiger charge is 2.29. The highest BCUT2D eigenvalue weighted by molar-refractivity contribution is 6.33. The Morgan fingerprint density at radius 2 is 2.19 bits per heavy atom. The standard InChI is InChI=1S/C14H17ClN2O4/c15-10-3-1-2-4-11(10)16-13(18)5-6-17-7-8-21-9-12(17)14(19)20/h1-4,12H,5-9H2,(H,16,18)(H,19,20). The lowest BCUT2D eigenvalue weighted by molar-refractivity contribution is -0.150. The summed E-state index contributed by atoms with van der Waals surface area (Å²) in [5, 5.41) is 12.3. The lowest BCUT2D eigenvalue weighted by Gasteiger charge is -2.32. The molecule has 1 fully saturated rings. The fraction of sp³-hybridized carbons (Fsp3) is 0.429. The zero-order valence-corrected chi connectivity index (χ0v) is 12.2. The largest absolute Gasteiger partial charge is 0.480 e. The van der Waals surface area contributed by atoms with Crippen LogP contribution in [-0.4, -0.2) is 54.2 Å².